The lowest BCUT2D eigenvalue weighted by molar-refractivity contribution is -0.143. The first-order valence-electron chi connectivity index (χ1n) is 8.68. The topological polar surface area (TPSA) is 40.1 Å². The standard InChI is InChI=1S/C16H29F3N4O.HI/c1-20-15(22(2)7-3-13-5-9-24-10-6-13)21-14-4-8-23(11-14)12-16(17,18)19;/h13-14H,3-12H2,1-2H3,(H,20,21);1H. The van der Waals surface area contributed by atoms with Gasteiger partial charge in [0.1, 0.15) is 0 Å². The molecule has 1 atom stereocenters. The van der Waals surface area contributed by atoms with Crippen LogP contribution in [0.1, 0.15) is 25.7 Å². The molecule has 148 valence electrons. The summed E-state index contributed by atoms with van der Waals surface area (Å²) in [6.45, 7) is 2.63. The van der Waals surface area contributed by atoms with Crippen LogP contribution in [0.15, 0.2) is 4.99 Å². The minimum atomic E-state index is -4.13. The second-order valence-electron chi connectivity index (χ2n) is 6.79. The molecule has 1 unspecified atom stereocenters. The molecular formula is C16H30F3IN4O. The predicted octanol–water partition coefficient (Wildman–Crippen LogP) is 2.56. The molecule has 2 aliphatic rings. The van der Waals surface area contributed by atoms with E-state index in [-0.39, 0.29) is 30.0 Å². The van der Waals surface area contributed by atoms with E-state index in [1.807, 2.05) is 7.05 Å². The summed E-state index contributed by atoms with van der Waals surface area (Å²) in [5, 5.41) is 3.31. The Morgan fingerprint density at radius 2 is 1.96 bits per heavy atom. The van der Waals surface area contributed by atoms with Crippen molar-refractivity contribution in [2.24, 2.45) is 10.9 Å². The summed E-state index contributed by atoms with van der Waals surface area (Å²) in [4.78, 5) is 7.80. The first-order valence-corrected chi connectivity index (χ1v) is 8.68. The van der Waals surface area contributed by atoms with Crippen molar-refractivity contribution in [3.63, 3.8) is 0 Å². The molecule has 0 aromatic heterocycles. The number of hydrogen-bond acceptors (Lipinski definition) is 3. The smallest absolute Gasteiger partial charge is 0.381 e. The van der Waals surface area contributed by atoms with Gasteiger partial charge in [0.15, 0.2) is 5.96 Å². The molecule has 0 radical (unpaired) electrons. The first kappa shape index (κ1) is 22.8. The summed E-state index contributed by atoms with van der Waals surface area (Å²) in [7, 11) is 3.70. The monoisotopic (exact) mass is 478 g/mol. The summed E-state index contributed by atoms with van der Waals surface area (Å²) >= 11 is 0. The Bertz CT molecular complexity index is 417. The molecule has 5 nitrogen and oxygen atoms in total. The summed E-state index contributed by atoms with van der Waals surface area (Å²) in [6, 6.07) is 0.0246. The highest BCUT2D eigenvalue weighted by atomic mass is 127. The van der Waals surface area contributed by atoms with Crippen LogP contribution in [0.3, 0.4) is 0 Å². The lowest BCUT2D eigenvalue weighted by Crippen LogP contribution is -2.46. The zero-order valence-corrected chi connectivity index (χ0v) is 17.3. The van der Waals surface area contributed by atoms with E-state index in [0.717, 1.165) is 45.0 Å². The van der Waals surface area contributed by atoms with E-state index in [9.17, 15) is 13.2 Å². The van der Waals surface area contributed by atoms with Crippen molar-refractivity contribution in [3.8, 4) is 0 Å². The Kier molecular flexibility index (Phi) is 9.79. The third-order valence-electron chi connectivity index (χ3n) is 4.80. The first-order chi connectivity index (χ1) is 11.4. The fourth-order valence-electron chi connectivity index (χ4n) is 3.39. The van der Waals surface area contributed by atoms with Crippen LogP contribution >= 0.6 is 24.0 Å². The predicted molar refractivity (Wildman–Crippen MR) is 104 cm³/mol. The van der Waals surface area contributed by atoms with Crippen molar-refractivity contribution in [2.75, 3.05) is 53.5 Å². The number of ether oxygens (including phenoxy) is 1. The fourth-order valence-corrected chi connectivity index (χ4v) is 3.39. The van der Waals surface area contributed by atoms with Gasteiger partial charge < -0.3 is 15.0 Å². The molecule has 0 bridgehead atoms. The maximum Gasteiger partial charge on any atom is 0.401 e. The maximum atomic E-state index is 12.5. The second kappa shape index (κ2) is 10.8. The molecule has 2 saturated heterocycles. The number of halogens is 4. The van der Waals surface area contributed by atoms with Crippen LogP contribution in [0.5, 0.6) is 0 Å². The normalized spacial score (nSPS) is 23.4. The lowest BCUT2D eigenvalue weighted by atomic mass is 9.96. The Hall–Kier alpha value is -0.290. The van der Waals surface area contributed by atoms with Crippen LogP contribution in [0.25, 0.3) is 0 Å². The van der Waals surface area contributed by atoms with E-state index in [0.29, 0.717) is 25.4 Å². The molecule has 0 spiro atoms. The van der Waals surface area contributed by atoms with Gasteiger partial charge in [-0.25, -0.2) is 0 Å². The summed E-state index contributed by atoms with van der Waals surface area (Å²) in [5.74, 6) is 1.45. The highest BCUT2D eigenvalue weighted by Gasteiger charge is 2.34. The van der Waals surface area contributed by atoms with E-state index >= 15 is 0 Å². The van der Waals surface area contributed by atoms with Crippen molar-refractivity contribution >= 4 is 29.9 Å². The van der Waals surface area contributed by atoms with Crippen molar-refractivity contribution < 1.29 is 17.9 Å². The Balaban J connectivity index is 0.00000312. The van der Waals surface area contributed by atoms with Gasteiger partial charge in [-0.1, -0.05) is 0 Å². The van der Waals surface area contributed by atoms with Crippen molar-refractivity contribution in [3.05, 3.63) is 0 Å². The number of rotatable bonds is 5. The molecule has 0 aromatic carbocycles. The van der Waals surface area contributed by atoms with Crippen LogP contribution < -0.4 is 5.32 Å². The maximum absolute atomic E-state index is 12.5. The van der Waals surface area contributed by atoms with E-state index in [1.54, 1.807) is 7.05 Å². The van der Waals surface area contributed by atoms with Crippen molar-refractivity contribution in [1.29, 1.82) is 0 Å². The number of hydrogen-bond donors (Lipinski definition) is 1. The molecule has 0 aliphatic carbocycles. The highest BCUT2D eigenvalue weighted by molar-refractivity contribution is 14.0. The van der Waals surface area contributed by atoms with Gasteiger partial charge in [-0.2, -0.15) is 13.2 Å². The number of guanidine groups is 1. The van der Waals surface area contributed by atoms with E-state index in [2.05, 4.69) is 15.2 Å². The summed E-state index contributed by atoms with van der Waals surface area (Å²) in [5.41, 5.74) is 0. The average Bonchev–Trinajstić information content (AvgIpc) is 2.96. The van der Waals surface area contributed by atoms with E-state index < -0.39 is 12.7 Å². The Morgan fingerprint density at radius 3 is 2.56 bits per heavy atom. The van der Waals surface area contributed by atoms with Gasteiger partial charge in [0.25, 0.3) is 0 Å². The second-order valence-corrected chi connectivity index (χ2v) is 6.79. The molecule has 0 saturated carbocycles. The zero-order valence-electron chi connectivity index (χ0n) is 15.0. The minimum Gasteiger partial charge on any atom is -0.381 e. The van der Waals surface area contributed by atoms with Gasteiger partial charge in [0.05, 0.1) is 6.54 Å². The number of nitrogens with one attached hydrogen (secondary N) is 1. The molecular weight excluding hydrogens is 448 g/mol. The number of nitrogens with zero attached hydrogens (tertiary/aromatic N) is 3. The third-order valence-corrected chi connectivity index (χ3v) is 4.80. The largest absolute Gasteiger partial charge is 0.401 e. The molecule has 1 N–H and O–H groups in total. The minimum absolute atomic E-state index is 0. The molecule has 2 fully saturated rings. The number of alkyl halides is 3. The zero-order chi connectivity index (χ0) is 17.6. The Morgan fingerprint density at radius 1 is 1.28 bits per heavy atom. The molecule has 0 amide bonds. The van der Waals surface area contributed by atoms with Crippen LogP contribution in [0.4, 0.5) is 13.2 Å². The number of likely N-dealkylation sites (tertiary alicyclic amines) is 1. The quantitative estimate of drug-likeness (QED) is 0.375. The van der Waals surface area contributed by atoms with Gasteiger partial charge in [0.2, 0.25) is 0 Å². The molecule has 9 heteroatoms. The molecule has 0 aromatic rings. The van der Waals surface area contributed by atoms with Crippen LogP contribution in [0, 0.1) is 5.92 Å². The Labute approximate surface area is 165 Å². The summed E-state index contributed by atoms with van der Waals surface area (Å²) < 4.78 is 42.8. The van der Waals surface area contributed by atoms with E-state index in [1.165, 1.54) is 4.90 Å². The molecule has 2 rings (SSSR count). The lowest BCUT2D eigenvalue weighted by Gasteiger charge is -2.28. The van der Waals surface area contributed by atoms with Gasteiger partial charge in [-0.05, 0) is 31.6 Å². The van der Waals surface area contributed by atoms with Crippen LogP contribution in [-0.2, 0) is 4.74 Å². The van der Waals surface area contributed by atoms with Gasteiger partial charge in [0, 0.05) is 53.0 Å². The molecule has 25 heavy (non-hydrogen) atoms. The van der Waals surface area contributed by atoms with E-state index in [4.69, 9.17) is 4.74 Å². The molecule has 2 heterocycles. The van der Waals surface area contributed by atoms with Gasteiger partial charge in [-0.3, -0.25) is 9.89 Å². The van der Waals surface area contributed by atoms with Crippen molar-refractivity contribution in [2.45, 2.75) is 37.9 Å². The molecule has 2 aliphatic heterocycles. The third kappa shape index (κ3) is 8.29. The van der Waals surface area contributed by atoms with Gasteiger partial charge in [-0.15, -0.1) is 24.0 Å². The van der Waals surface area contributed by atoms with Crippen molar-refractivity contribution in [1.82, 2.24) is 15.1 Å². The van der Waals surface area contributed by atoms with Crippen LogP contribution in [-0.4, -0.2) is 81.5 Å². The average molecular weight is 478 g/mol. The van der Waals surface area contributed by atoms with Crippen LogP contribution in [0.2, 0.25) is 0 Å². The SMILES string of the molecule is CN=C(NC1CCN(CC(F)(F)F)C1)N(C)CCC1CCOCC1.I. The number of aliphatic imine (C=N–C) groups is 1. The van der Waals surface area contributed by atoms with Gasteiger partial charge >= 0.3 is 6.18 Å². The summed E-state index contributed by atoms with van der Waals surface area (Å²) in [6.07, 6.45) is -0.116. The highest BCUT2D eigenvalue weighted by Crippen LogP contribution is 2.20. The fraction of sp³-hybridized carbons (Fsp3) is 0.938.